The van der Waals surface area contributed by atoms with Crippen molar-refractivity contribution in [3.05, 3.63) is 80.3 Å². The highest BCUT2D eigenvalue weighted by molar-refractivity contribution is 7.10. The molecule has 4 nitrogen and oxygen atoms in total. The summed E-state index contributed by atoms with van der Waals surface area (Å²) in [5, 5.41) is 0. The highest BCUT2D eigenvalue weighted by atomic mass is 32.1. The van der Waals surface area contributed by atoms with Crippen molar-refractivity contribution in [3.63, 3.8) is 0 Å². The van der Waals surface area contributed by atoms with E-state index in [0.29, 0.717) is 16.4 Å². The molecule has 1 aromatic heterocycles. The molecular formula is C19H14F2N2O2S. The SMILES string of the molecule is Cn1c2c(sc1=O)[C@H](c1c(F)cccc1F)CC(=O)N2c1ccccc1. The number of aromatic nitrogens is 1. The fourth-order valence-corrected chi connectivity index (χ4v) is 4.42. The molecule has 0 spiro atoms. The maximum Gasteiger partial charge on any atom is 0.308 e. The van der Waals surface area contributed by atoms with Crippen molar-refractivity contribution in [1.82, 2.24) is 4.57 Å². The number of carbonyl (C=O) groups is 1. The largest absolute Gasteiger partial charge is 0.308 e. The monoisotopic (exact) mass is 372 g/mol. The molecule has 1 atom stereocenters. The molecule has 0 saturated heterocycles. The lowest BCUT2D eigenvalue weighted by molar-refractivity contribution is -0.118. The summed E-state index contributed by atoms with van der Waals surface area (Å²) in [6, 6.07) is 12.5. The average molecular weight is 372 g/mol. The molecule has 132 valence electrons. The second-order valence-electron chi connectivity index (χ2n) is 6.07. The summed E-state index contributed by atoms with van der Waals surface area (Å²) in [5.41, 5.74) is 0.441. The molecule has 2 heterocycles. The fourth-order valence-electron chi connectivity index (χ4n) is 3.34. The van der Waals surface area contributed by atoms with Gasteiger partial charge in [0.15, 0.2) is 0 Å². The molecule has 1 aliphatic rings. The Kier molecular flexibility index (Phi) is 3.96. The predicted octanol–water partition coefficient (Wildman–Crippen LogP) is 3.93. The average Bonchev–Trinajstić information content (AvgIpc) is 2.91. The number of carbonyl (C=O) groups excluding carboxylic acids is 1. The van der Waals surface area contributed by atoms with Crippen molar-refractivity contribution in [3.8, 4) is 0 Å². The molecule has 2 aromatic carbocycles. The molecule has 3 aromatic rings. The van der Waals surface area contributed by atoms with E-state index in [9.17, 15) is 18.4 Å². The Balaban J connectivity index is 1.96. The van der Waals surface area contributed by atoms with E-state index in [4.69, 9.17) is 0 Å². The van der Waals surface area contributed by atoms with Gasteiger partial charge in [-0.15, -0.1) is 0 Å². The maximum absolute atomic E-state index is 14.3. The van der Waals surface area contributed by atoms with Gasteiger partial charge < -0.3 is 0 Å². The first-order valence-electron chi connectivity index (χ1n) is 8.00. The third-order valence-electron chi connectivity index (χ3n) is 4.53. The Morgan fingerprint density at radius 2 is 1.65 bits per heavy atom. The van der Waals surface area contributed by atoms with E-state index in [1.807, 2.05) is 6.07 Å². The van der Waals surface area contributed by atoms with E-state index in [-0.39, 0.29) is 22.8 Å². The number of fused-ring (bicyclic) bond motifs is 1. The van der Waals surface area contributed by atoms with Crippen molar-refractivity contribution < 1.29 is 13.6 Å². The molecule has 1 aliphatic heterocycles. The standard InChI is InChI=1S/C19H14F2N2O2S/c1-22-18-17(26-19(22)25)12(16-13(20)8-5-9-14(16)21)10-15(24)23(18)11-6-3-2-4-7-11/h2-9,12H,10H2,1H3/t12-/m0/s1. The van der Waals surface area contributed by atoms with Gasteiger partial charge in [-0.3, -0.25) is 19.1 Å². The first-order valence-corrected chi connectivity index (χ1v) is 8.82. The van der Waals surface area contributed by atoms with Gasteiger partial charge >= 0.3 is 4.87 Å². The molecule has 0 aliphatic carbocycles. The maximum atomic E-state index is 14.3. The Labute approximate surface area is 151 Å². The predicted molar refractivity (Wildman–Crippen MR) is 96.0 cm³/mol. The number of hydrogen-bond donors (Lipinski definition) is 0. The number of hydrogen-bond acceptors (Lipinski definition) is 3. The first-order chi connectivity index (χ1) is 12.5. The minimum atomic E-state index is -0.822. The zero-order valence-corrected chi connectivity index (χ0v) is 14.6. The number of nitrogens with zero attached hydrogens (tertiary/aromatic N) is 2. The molecule has 1 amide bonds. The number of rotatable bonds is 2. The van der Waals surface area contributed by atoms with Gasteiger partial charge in [-0.25, -0.2) is 8.78 Å². The van der Waals surface area contributed by atoms with Crippen molar-refractivity contribution in [2.45, 2.75) is 12.3 Å². The highest BCUT2D eigenvalue weighted by Crippen LogP contribution is 2.45. The molecule has 0 bridgehead atoms. The summed E-state index contributed by atoms with van der Waals surface area (Å²) in [7, 11) is 1.56. The number of halogens is 2. The van der Waals surface area contributed by atoms with Gasteiger partial charge in [-0.05, 0) is 24.3 Å². The van der Waals surface area contributed by atoms with Gasteiger partial charge in [0.2, 0.25) is 5.91 Å². The van der Waals surface area contributed by atoms with Crippen LogP contribution in [0.1, 0.15) is 22.8 Å². The minimum Gasteiger partial charge on any atom is -0.288 e. The van der Waals surface area contributed by atoms with Crippen molar-refractivity contribution in [2.24, 2.45) is 7.05 Å². The van der Waals surface area contributed by atoms with Gasteiger partial charge in [-0.1, -0.05) is 35.6 Å². The summed E-state index contributed by atoms with van der Waals surface area (Å²) < 4.78 is 30.0. The van der Waals surface area contributed by atoms with Crippen LogP contribution in [-0.2, 0) is 11.8 Å². The van der Waals surface area contributed by atoms with Crippen LogP contribution in [0.4, 0.5) is 20.3 Å². The van der Waals surface area contributed by atoms with Crippen LogP contribution in [0.25, 0.3) is 0 Å². The summed E-state index contributed by atoms with van der Waals surface area (Å²) in [6.45, 7) is 0. The van der Waals surface area contributed by atoms with Crippen LogP contribution in [0.3, 0.4) is 0 Å². The molecule has 0 saturated carbocycles. The van der Waals surface area contributed by atoms with Gasteiger partial charge in [0.1, 0.15) is 17.5 Å². The van der Waals surface area contributed by atoms with Crippen LogP contribution in [0.2, 0.25) is 0 Å². The molecule has 4 rings (SSSR count). The number of thiazole rings is 1. The lowest BCUT2D eigenvalue weighted by Crippen LogP contribution is -2.35. The summed E-state index contributed by atoms with van der Waals surface area (Å²) in [6.07, 6.45) is -0.111. The van der Waals surface area contributed by atoms with Gasteiger partial charge in [-0.2, -0.15) is 0 Å². The van der Waals surface area contributed by atoms with E-state index >= 15 is 0 Å². The third-order valence-corrected chi connectivity index (χ3v) is 5.66. The highest BCUT2D eigenvalue weighted by Gasteiger charge is 2.39. The molecule has 0 unspecified atom stereocenters. The summed E-state index contributed by atoms with van der Waals surface area (Å²) >= 11 is 0.918. The Hall–Kier alpha value is -2.80. The van der Waals surface area contributed by atoms with E-state index in [1.54, 1.807) is 31.3 Å². The third kappa shape index (κ3) is 2.47. The van der Waals surface area contributed by atoms with Crippen LogP contribution >= 0.6 is 11.3 Å². The molecule has 0 fully saturated rings. The zero-order chi connectivity index (χ0) is 18.4. The number of benzene rings is 2. The Morgan fingerprint density at radius 3 is 2.31 bits per heavy atom. The van der Waals surface area contributed by atoms with Gasteiger partial charge in [0, 0.05) is 24.9 Å². The van der Waals surface area contributed by atoms with Crippen molar-refractivity contribution in [2.75, 3.05) is 4.90 Å². The van der Waals surface area contributed by atoms with Crippen LogP contribution in [0.5, 0.6) is 0 Å². The molecular weight excluding hydrogens is 358 g/mol. The van der Waals surface area contributed by atoms with Gasteiger partial charge in [0.05, 0.1) is 10.6 Å². The molecule has 26 heavy (non-hydrogen) atoms. The number of para-hydroxylation sites is 1. The van der Waals surface area contributed by atoms with E-state index in [1.165, 1.54) is 15.5 Å². The first kappa shape index (κ1) is 16.7. The lowest BCUT2D eigenvalue weighted by Gasteiger charge is -2.32. The second-order valence-corrected chi connectivity index (χ2v) is 7.06. The second kappa shape index (κ2) is 6.17. The van der Waals surface area contributed by atoms with E-state index in [0.717, 1.165) is 23.5 Å². The quantitative estimate of drug-likeness (QED) is 0.684. The molecule has 0 radical (unpaired) electrons. The fraction of sp³-hybridized carbons (Fsp3) is 0.158. The van der Waals surface area contributed by atoms with E-state index < -0.39 is 17.6 Å². The zero-order valence-electron chi connectivity index (χ0n) is 13.8. The lowest BCUT2D eigenvalue weighted by atomic mass is 9.89. The van der Waals surface area contributed by atoms with Crippen molar-refractivity contribution >= 4 is 28.7 Å². The Morgan fingerprint density at radius 1 is 1.00 bits per heavy atom. The Bertz CT molecular complexity index is 1040. The smallest absolute Gasteiger partial charge is 0.288 e. The van der Waals surface area contributed by atoms with Crippen LogP contribution in [0.15, 0.2) is 53.3 Å². The normalized spacial score (nSPS) is 16.7. The summed E-state index contributed by atoms with van der Waals surface area (Å²) in [4.78, 5) is 26.8. The topological polar surface area (TPSA) is 42.3 Å². The molecule has 0 N–H and O–H groups in total. The van der Waals surface area contributed by atoms with Crippen LogP contribution < -0.4 is 9.77 Å². The summed E-state index contributed by atoms with van der Waals surface area (Å²) in [5.74, 6) is -2.20. The van der Waals surface area contributed by atoms with Crippen LogP contribution in [-0.4, -0.2) is 10.5 Å². The van der Waals surface area contributed by atoms with Gasteiger partial charge in [0.25, 0.3) is 0 Å². The number of anilines is 2. The van der Waals surface area contributed by atoms with Crippen LogP contribution in [0, 0.1) is 11.6 Å². The number of amides is 1. The minimum absolute atomic E-state index is 0.111. The van der Waals surface area contributed by atoms with Crippen molar-refractivity contribution in [1.29, 1.82) is 0 Å². The molecule has 7 heteroatoms. The van der Waals surface area contributed by atoms with E-state index in [2.05, 4.69) is 0 Å².